The van der Waals surface area contributed by atoms with Crippen LogP contribution in [0.4, 0.5) is 4.70 Å². The van der Waals surface area contributed by atoms with Gasteiger partial charge in [0.25, 0.3) is 0 Å². The first kappa shape index (κ1) is 112. The Morgan fingerprint density at radius 1 is 0.163 bits per heavy atom. The van der Waals surface area contributed by atoms with E-state index in [0.717, 1.165) is 228 Å². The third kappa shape index (κ3) is 23.3. The molecule has 40 bridgehead atoms. The number of aliphatic hydroxyl groups is 24. The lowest BCUT2D eigenvalue weighted by atomic mass is 9.44. The minimum Gasteiger partial charge on any atom is -0.396 e. The maximum absolute atomic E-state index is 10.4. The summed E-state index contributed by atoms with van der Waals surface area (Å²) in [5.74, 6) is 11.6. The van der Waals surface area contributed by atoms with Crippen LogP contribution in [0.2, 0.25) is 0 Å². The molecule has 0 spiro atoms. The molecule has 40 fully saturated rings. The van der Waals surface area contributed by atoms with Crippen molar-refractivity contribution in [2.24, 2.45) is 134 Å². The molecule has 8 unspecified atom stereocenters. The molecule has 30 nitrogen and oxygen atoms in total. The van der Waals surface area contributed by atoms with Crippen LogP contribution in [-0.4, -0.2) is 342 Å². The summed E-state index contributed by atoms with van der Waals surface area (Å²) in [5, 5.41) is 233. The van der Waals surface area contributed by atoms with Gasteiger partial charge in [-0.05, 0) is 398 Å². The molecule has 0 heterocycles. The molecule has 844 valence electrons. The SMILES string of the molecule is F.OC12CC3(O)CC(O)(C1)CC(O)(C2)C3.OC12CC3CC(C1)CC(O)(C3)C2.OC12CC3CC(O)(C1)CC(O)(C3)C2.OC1C2CC3CC(C2)C(O)C1C3.OC1C2CC3CC1CC(O)(C3)C2.OCC12CC3CC(C1)CC(CO)(C3)C2.OCC12CC3CC(C1)CC(CO)(C3)C2.OCCOC12CC3CC(C1)CC(OCCO)(C3)C2.OCCOC12CC3CC(CC(O)(C3)C1)C2.OCCOC12CC3CC(OCCO)(C1)CC(OCCO)(C3)C2. The predicted octanol–water partition coefficient (Wildman–Crippen LogP) is 7.89. The molecule has 0 amide bonds. The fraction of sp³-hybridized carbons (Fsp3) is 1.00. The lowest BCUT2D eigenvalue weighted by Crippen LogP contribution is -2.71. The maximum Gasteiger partial charge on any atom is 0.0741 e. The topological polar surface area (TPSA) is 541 Å². The Labute approximate surface area is 870 Å². The highest BCUT2D eigenvalue weighted by Crippen LogP contribution is 2.71. The van der Waals surface area contributed by atoms with Crippen LogP contribution in [0.3, 0.4) is 0 Å². The number of hydrogen-bond acceptors (Lipinski definition) is 30. The van der Waals surface area contributed by atoms with Crippen LogP contribution in [0.1, 0.15) is 366 Å². The van der Waals surface area contributed by atoms with Crippen molar-refractivity contribution in [1.29, 1.82) is 0 Å². The Morgan fingerprint density at radius 3 is 0.653 bits per heavy atom. The van der Waals surface area contributed by atoms with E-state index in [0.29, 0.717) is 201 Å². The maximum atomic E-state index is 10.4. The summed E-state index contributed by atoms with van der Waals surface area (Å²) in [6, 6.07) is 0. The first-order valence-electron chi connectivity index (χ1n) is 58.9. The van der Waals surface area contributed by atoms with Crippen LogP contribution < -0.4 is 0 Å². The first-order chi connectivity index (χ1) is 68.9. The molecule has 0 aromatic carbocycles. The van der Waals surface area contributed by atoms with Crippen LogP contribution in [0, 0.1) is 134 Å². The zero-order valence-corrected chi connectivity index (χ0v) is 88.4. The van der Waals surface area contributed by atoms with E-state index in [1.165, 1.54) is 109 Å². The van der Waals surface area contributed by atoms with Crippen LogP contribution in [0.15, 0.2) is 0 Å². The summed E-state index contributed by atoms with van der Waals surface area (Å²) in [5.41, 5.74) is -8.67. The van der Waals surface area contributed by atoms with Gasteiger partial charge in [0, 0.05) is 129 Å². The molecule has 8 atom stereocenters. The van der Waals surface area contributed by atoms with Crippen LogP contribution in [-0.2, 0) is 28.4 Å². The van der Waals surface area contributed by atoms with Gasteiger partial charge in [0.2, 0.25) is 0 Å². The largest absolute Gasteiger partial charge is 0.396 e. The van der Waals surface area contributed by atoms with Gasteiger partial charge in [-0.2, -0.15) is 0 Å². The highest BCUT2D eigenvalue weighted by Gasteiger charge is 2.72. The molecule has 40 saturated carbocycles. The quantitative estimate of drug-likeness (QED) is 0.0489. The minimum absolute atomic E-state index is 0. The van der Waals surface area contributed by atoms with Gasteiger partial charge in [-0.1, -0.05) is 0 Å². The Balaban J connectivity index is 0.0000000996. The fourth-order valence-corrected chi connectivity index (χ4v) is 45.7. The molecule has 40 aliphatic rings. The zero-order valence-electron chi connectivity index (χ0n) is 88.4. The normalized spacial score (nSPS) is 55.2. The second kappa shape index (κ2) is 41.1. The summed E-state index contributed by atoms with van der Waals surface area (Å²) in [4.78, 5) is 0. The van der Waals surface area contributed by atoms with E-state index in [4.69, 9.17) is 59.1 Å². The third-order valence-corrected chi connectivity index (χ3v) is 45.2. The molecular formula is C116H193FO30. The highest BCUT2D eigenvalue weighted by molar-refractivity contribution is 5.24. The summed E-state index contributed by atoms with van der Waals surface area (Å²) < 4.78 is 36.1. The molecule has 0 radical (unpaired) electrons. The van der Waals surface area contributed by atoms with Gasteiger partial charge in [0.05, 0.1) is 193 Å². The van der Waals surface area contributed by atoms with Gasteiger partial charge in [-0.25, -0.2) is 0 Å². The zero-order chi connectivity index (χ0) is 103. The molecule has 31 heteroatoms. The molecule has 24 N–H and O–H groups in total. The van der Waals surface area contributed by atoms with Crippen LogP contribution >= 0.6 is 0 Å². The number of hydrogen-bond donors (Lipinski definition) is 24. The molecule has 40 rings (SSSR count). The van der Waals surface area contributed by atoms with E-state index in [1.54, 1.807) is 0 Å². The average molecular weight is 2090 g/mol. The van der Waals surface area contributed by atoms with Crippen molar-refractivity contribution in [3.8, 4) is 0 Å². The van der Waals surface area contributed by atoms with E-state index in [2.05, 4.69) is 0 Å². The Morgan fingerprint density at radius 2 is 0.381 bits per heavy atom. The lowest BCUT2D eigenvalue weighted by molar-refractivity contribution is -0.297. The average Bonchev–Trinajstić information content (AvgIpc) is 0.701. The van der Waals surface area contributed by atoms with Gasteiger partial charge < -0.3 is 151 Å². The Hall–Kier alpha value is -1.27. The van der Waals surface area contributed by atoms with Gasteiger partial charge >= 0.3 is 0 Å². The number of ether oxygens (including phenoxy) is 6. The predicted molar refractivity (Wildman–Crippen MR) is 537 cm³/mol. The molecule has 0 saturated heterocycles. The molecule has 147 heavy (non-hydrogen) atoms. The smallest absolute Gasteiger partial charge is 0.0741 e. The number of halogens is 1. The molecule has 40 aliphatic carbocycles. The van der Waals surface area contributed by atoms with Crippen molar-refractivity contribution in [2.45, 2.75) is 480 Å². The van der Waals surface area contributed by atoms with Crippen molar-refractivity contribution < 1.29 is 156 Å². The van der Waals surface area contributed by atoms with E-state index >= 15 is 0 Å². The number of aliphatic hydroxyl groups excluding tert-OH is 13. The van der Waals surface area contributed by atoms with Crippen molar-refractivity contribution in [3.05, 3.63) is 0 Å². The third-order valence-electron chi connectivity index (χ3n) is 45.2. The second-order valence-electron chi connectivity index (χ2n) is 59.4. The van der Waals surface area contributed by atoms with E-state index in [9.17, 15) is 91.9 Å². The fourth-order valence-electron chi connectivity index (χ4n) is 45.7. The Bertz CT molecular complexity index is 4000. The van der Waals surface area contributed by atoms with Crippen molar-refractivity contribution in [2.75, 3.05) is 106 Å². The molecular weight excluding hydrogens is 1890 g/mol. The van der Waals surface area contributed by atoms with Gasteiger partial charge in [-0.3, -0.25) is 4.70 Å². The molecule has 0 aromatic rings. The van der Waals surface area contributed by atoms with Gasteiger partial charge in [-0.15, -0.1) is 0 Å². The van der Waals surface area contributed by atoms with Crippen molar-refractivity contribution >= 4 is 0 Å². The first-order valence-corrected chi connectivity index (χ1v) is 58.9. The molecule has 0 aliphatic heterocycles. The van der Waals surface area contributed by atoms with Crippen LogP contribution in [0.25, 0.3) is 0 Å². The van der Waals surface area contributed by atoms with Crippen molar-refractivity contribution in [1.82, 2.24) is 0 Å². The highest BCUT2D eigenvalue weighted by atomic mass is 19.0. The molecule has 0 aromatic heterocycles. The summed E-state index contributed by atoms with van der Waals surface area (Å²) in [6.45, 7) is 4.03. The second-order valence-corrected chi connectivity index (χ2v) is 59.4. The summed E-state index contributed by atoms with van der Waals surface area (Å²) >= 11 is 0. The van der Waals surface area contributed by atoms with Gasteiger partial charge in [0.1, 0.15) is 0 Å². The summed E-state index contributed by atoms with van der Waals surface area (Å²) in [7, 11) is 0. The van der Waals surface area contributed by atoms with E-state index in [-0.39, 0.29) is 129 Å². The lowest BCUT2D eigenvalue weighted by Gasteiger charge is -2.65. The van der Waals surface area contributed by atoms with E-state index in [1.807, 2.05) is 0 Å². The Kier molecular flexibility index (Phi) is 31.4. The van der Waals surface area contributed by atoms with Gasteiger partial charge in [0.15, 0.2) is 0 Å². The summed E-state index contributed by atoms with van der Waals surface area (Å²) in [6.07, 6.45) is 53.5. The van der Waals surface area contributed by atoms with Crippen LogP contribution in [0.5, 0.6) is 0 Å². The minimum atomic E-state index is -1.06. The number of rotatable bonds is 22. The van der Waals surface area contributed by atoms with Crippen molar-refractivity contribution in [3.63, 3.8) is 0 Å². The monoisotopic (exact) mass is 2090 g/mol. The van der Waals surface area contributed by atoms with E-state index < -0.39 is 56.0 Å². The standard InChI is InChI=1S/C16H28O6.C14H24O4.C12H20O3.2C12H20O2.C10H16O4.C10H16O3.3C10H16O2.FH/c17-1-4-20-14-7-13-8-15(10-14,21-5-2-18)12-16(9-13,11-14)22-6-3-19;15-1-3-17-13-6-11-5-12(7-13)9-14(8-11,10-13)18-4-2-16;13-1-2-15-12-6-9-3-10(7-12)5-11(14,4-9)8-12;2*13-7-11-2-9-1-10(4-11)5-12(3-9,6-11)8-14;11-7-1-8(12)4-9(13,2-7)6-10(14,3-7)5-8;11-8-1-7-2-9(12,4-8)6-10(13,3-7)5-8;11-9-2-7-1-8(4-9)5-10(12,3-7)6-9;11-9-7-1-6-2-8(9)5-10(12,3-6)4-7;11-9-6-1-5-2-7(4-6)10(12)8(9)3-5;/h13,17-19H,1-12H2;11-12,15-16H,1-10H2;9-10,13-14H,1-8H2;2*9-10,13-14H,1-8H2;11-14H,1-6H2;7,11-13H,1-6H2;7-8,11-12H,1-6H2;6-9,11-12H,1-5H2;5-12H,1-4H2;1H.